The maximum absolute atomic E-state index is 12.6. The van der Waals surface area contributed by atoms with E-state index in [1.165, 1.54) is 23.8 Å². The normalized spacial score (nSPS) is 12.3. The summed E-state index contributed by atoms with van der Waals surface area (Å²) in [5.41, 5.74) is 0.670. The molecule has 0 atom stereocenters. The molecule has 26 heavy (non-hydrogen) atoms. The molecule has 2 aromatic carbocycles. The van der Waals surface area contributed by atoms with Crippen LogP contribution in [0.1, 0.15) is 0 Å². The van der Waals surface area contributed by atoms with Crippen molar-refractivity contribution in [2.45, 2.75) is 11.4 Å². The summed E-state index contributed by atoms with van der Waals surface area (Å²) in [4.78, 5) is 12.0. The van der Waals surface area contributed by atoms with Gasteiger partial charge in [-0.3, -0.25) is 4.79 Å². The van der Waals surface area contributed by atoms with Gasteiger partial charge in [0.15, 0.2) is 0 Å². The topological polar surface area (TPSA) is 87.0 Å². The molecule has 0 bridgehead atoms. The SMILES string of the molecule is COC(=O)Cn1/c(=N/S(=O)(=O)c2ccccc2)sc2cc(OC)ccc21. The predicted molar refractivity (Wildman–Crippen MR) is 97.6 cm³/mol. The molecule has 136 valence electrons. The number of benzene rings is 2. The maximum atomic E-state index is 12.6. The third-order valence-corrected chi connectivity index (χ3v) is 6.08. The van der Waals surface area contributed by atoms with E-state index in [4.69, 9.17) is 9.47 Å². The van der Waals surface area contributed by atoms with E-state index in [2.05, 4.69) is 4.40 Å². The fourth-order valence-corrected chi connectivity index (χ4v) is 4.63. The number of rotatable bonds is 5. The Bertz CT molecular complexity index is 1120. The van der Waals surface area contributed by atoms with E-state index in [9.17, 15) is 13.2 Å². The number of hydrogen-bond donors (Lipinski definition) is 0. The summed E-state index contributed by atoms with van der Waals surface area (Å²) in [5.74, 6) is 0.125. The van der Waals surface area contributed by atoms with Crippen LogP contribution in [0.15, 0.2) is 57.8 Å². The van der Waals surface area contributed by atoms with Gasteiger partial charge in [-0.2, -0.15) is 8.42 Å². The molecule has 0 saturated carbocycles. The zero-order valence-corrected chi connectivity index (χ0v) is 15.7. The lowest BCUT2D eigenvalue weighted by molar-refractivity contribution is -0.141. The Labute approximate surface area is 154 Å². The first-order valence-corrected chi connectivity index (χ1v) is 9.80. The first kappa shape index (κ1) is 18.2. The molecule has 0 saturated heterocycles. The lowest BCUT2D eigenvalue weighted by Gasteiger charge is -2.04. The number of nitrogens with zero attached hydrogens (tertiary/aromatic N) is 2. The minimum absolute atomic E-state index is 0.0830. The van der Waals surface area contributed by atoms with E-state index in [-0.39, 0.29) is 16.2 Å². The summed E-state index contributed by atoms with van der Waals surface area (Å²) in [5, 5.41) is 0. The molecule has 1 heterocycles. The second-order valence-corrected chi connectivity index (χ2v) is 7.87. The molecule has 0 amide bonds. The van der Waals surface area contributed by atoms with Crippen molar-refractivity contribution < 1.29 is 22.7 Å². The van der Waals surface area contributed by atoms with Crippen LogP contribution in [0.2, 0.25) is 0 Å². The number of fused-ring (bicyclic) bond motifs is 1. The second-order valence-electron chi connectivity index (χ2n) is 5.26. The van der Waals surface area contributed by atoms with Gasteiger partial charge in [0.1, 0.15) is 12.3 Å². The van der Waals surface area contributed by atoms with Crippen LogP contribution in [0.25, 0.3) is 10.2 Å². The molecule has 0 aliphatic heterocycles. The van der Waals surface area contributed by atoms with Crippen LogP contribution in [0.5, 0.6) is 5.75 Å². The van der Waals surface area contributed by atoms with Crippen molar-refractivity contribution >= 4 is 37.5 Å². The Morgan fingerprint density at radius 2 is 1.88 bits per heavy atom. The third-order valence-electron chi connectivity index (χ3n) is 3.64. The molecule has 0 N–H and O–H groups in total. The van der Waals surface area contributed by atoms with E-state index >= 15 is 0 Å². The molecular formula is C17H16N2O5S2. The Hall–Kier alpha value is -2.65. The lowest BCUT2D eigenvalue weighted by Crippen LogP contribution is -2.22. The van der Waals surface area contributed by atoms with Gasteiger partial charge in [-0.25, -0.2) is 0 Å². The van der Waals surface area contributed by atoms with Gasteiger partial charge in [-0.1, -0.05) is 29.5 Å². The van der Waals surface area contributed by atoms with Crippen LogP contribution in [0.4, 0.5) is 0 Å². The summed E-state index contributed by atoms with van der Waals surface area (Å²) in [6.07, 6.45) is 0. The van der Waals surface area contributed by atoms with Crippen LogP contribution in [-0.4, -0.2) is 33.2 Å². The number of sulfonamides is 1. The highest BCUT2D eigenvalue weighted by Crippen LogP contribution is 2.23. The number of carbonyl (C=O) groups is 1. The number of methoxy groups -OCH3 is 2. The molecule has 0 unspecified atom stereocenters. The van der Waals surface area contributed by atoms with Gasteiger partial charge in [-0.05, 0) is 30.3 Å². The highest BCUT2D eigenvalue weighted by Gasteiger charge is 2.16. The van der Waals surface area contributed by atoms with Gasteiger partial charge in [0.25, 0.3) is 10.0 Å². The molecule has 1 aromatic heterocycles. The minimum Gasteiger partial charge on any atom is -0.497 e. The fourth-order valence-electron chi connectivity index (χ4n) is 2.34. The minimum atomic E-state index is -3.91. The first-order valence-electron chi connectivity index (χ1n) is 7.55. The molecule has 3 rings (SSSR count). The van der Waals surface area contributed by atoms with Crippen molar-refractivity contribution in [3.05, 3.63) is 53.3 Å². The number of carbonyl (C=O) groups excluding carboxylic acids is 1. The summed E-state index contributed by atoms with van der Waals surface area (Å²) >= 11 is 1.16. The smallest absolute Gasteiger partial charge is 0.325 e. The van der Waals surface area contributed by atoms with Gasteiger partial charge < -0.3 is 14.0 Å². The number of ether oxygens (including phenoxy) is 2. The Morgan fingerprint density at radius 3 is 2.54 bits per heavy atom. The summed E-state index contributed by atoms with van der Waals surface area (Å²) < 4.78 is 41.3. The molecule has 9 heteroatoms. The highest BCUT2D eigenvalue weighted by atomic mass is 32.2. The molecule has 3 aromatic rings. The zero-order valence-electron chi connectivity index (χ0n) is 14.1. The van der Waals surface area contributed by atoms with Gasteiger partial charge in [-0.15, -0.1) is 4.40 Å². The fraction of sp³-hybridized carbons (Fsp3) is 0.176. The first-order chi connectivity index (χ1) is 12.4. The molecule has 0 radical (unpaired) electrons. The van der Waals surface area contributed by atoms with Crippen LogP contribution >= 0.6 is 11.3 Å². The van der Waals surface area contributed by atoms with Crippen LogP contribution in [0, 0.1) is 0 Å². The lowest BCUT2D eigenvalue weighted by atomic mass is 10.3. The van der Waals surface area contributed by atoms with Crippen LogP contribution in [0.3, 0.4) is 0 Å². The third kappa shape index (κ3) is 3.63. The van der Waals surface area contributed by atoms with E-state index in [0.717, 1.165) is 16.0 Å². The molecule has 0 fully saturated rings. The number of aromatic nitrogens is 1. The van der Waals surface area contributed by atoms with E-state index in [1.54, 1.807) is 43.5 Å². The van der Waals surface area contributed by atoms with E-state index in [1.807, 2.05) is 0 Å². The standard InChI is InChI=1S/C17H16N2O5S2/c1-23-12-8-9-14-15(10-12)25-17(19(14)11-16(20)24-2)18-26(21,22)13-6-4-3-5-7-13/h3-10H,11H2,1-2H3/b18-17-. The molecule has 0 aliphatic carbocycles. The van der Waals surface area contributed by atoms with Gasteiger partial charge in [0.05, 0.1) is 29.3 Å². The van der Waals surface area contributed by atoms with Gasteiger partial charge >= 0.3 is 5.97 Å². The highest BCUT2D eigenvalue weighted by molar-refractivity contribution is 7.90. The molecule has 7 nitrogen and oxygen atoms in total. The second kappa shape index (κ2) is 7.30. The van der Waals surface area contributed by atoms with Gasteiger partial charge in [0, 0.05) is 0 Å². The van der Waals surface area contributed by atoms with Crippen molar-refractivity contribution in [2.24, 2.45) is 4.40 Å². The Kier molecular flexibility index (Phi) is 5.10. The van der Waals surface area contributed by atoms with Crippen molar-refractivity contribution in [1.82, 2.24) is 4.57 Å². The van der Waals surface area contributed by atoms with E-state index in [0.29, 0.717) is 11.3 Å². The van der Waals surface area contributed by atoms with Gasteiger partial charge in [0.2, 0.25) is 4.80 Å². The number of thiazole rings is 1. The summed E-state index contributed by atoms with van der Waals surface area (Å²) in [7, 11) is -1.09. The molecule has 0 spiro atoms. The van der Waals surface area contributed by atoms with Crippen LogP contribution in [-0.2, 0) is 26.1 Å². The van der Waals surface area contributed by atoms with Crippen molar-refractivity contribution in [1.29, 1.82) is 0 Å². The van der Waals surface area contributed by atoms with Crippen molar-refractivity contribution in [2.75, 3.05) is 14.2 Å². The van der Waals surface area contributed by atoms with Crippen molar-refractivity contribution in [3.63, 3.8) is 0 Å². The monoisotopic (exact) mass is 392 g/mol. The maximum Gasteiger partial charge on any atom is 0.325 e. The average molecular weight is 392 g/mol. The van der Waals surface area contributed by atoms with Crippen LogP contribution < -0.4 is 9.54 Å². The number of esters is 1. The van der Waals surface area contributed by atoms with Crippen molar-refractivity contribution in [3.8, 4) is 5.75 Å². The average Bonchev–Trinajstić information content (AvgIpc) is 2.97. The summed E-state index contributed by atoms with van der Waals surface area (Å²) in [6.45, 7) is -0.147. The quantitative estimate of drug-likeness (QED) is 0.621. The molecular weight excluding hydrogens is 376 g/mol. The Balaban J connectivity index is 2.23. The predicted octanol–water partition coefficient (Wildman–Crippen LogP) is 2.17. The Morgan fingerprint density at radius 1 is 1.15 bits per heavy atom. The zero-order chi connectivity index (χ0) is 18.7. The summed E-state index contributed by atoms with van der Waals surface area (Å²) in [6, 6.07) is 13.2. The number of hydrogen-bond acceptors (Lipinski definition) is 6. The largest absolute Gasteiger partial charge is 0.497 e. The molecule has 0 aliphatic rings. The van der Waals surface area contributed by atoms with E-state index < -0.39 is 16.0 Å².